The molecule has 102 valence electrons. The van der Waals surface area contributed by atoms with E-state index < -0.39 is 0 Å². The van der Waals surface area contributed by atoms with Crippen molar-refractivity contribution in [2.24, 2.45) is 0 Å². The van der Waals surface area contributed by atoms with Gasteiger partial charge in [0, 0.05) is 11.4 Å². The molecule has 20 heavy (non-hydrogen) atoms. The first kappa shape index (κ1) is 12.4. The predicted octanol–water partition coefficient (Wildman–Crippen LogP) is 3.66. The molecule has 0 bridgehead atoms. The highest BCUT2D eigenvalue weighted by Gasteiger charge is 2.11. The van der Waals surface area contributed by atoms with Crippen molar-refractivity contribution in [1.82, 2.24) is 0 Å². The second kappa shape index (κ2) is 5.57. The fourth-order valence-electron chi connectivity index (χ4n) is 2.10. The van der Waals surface area contributed by atoms with Crippen LogP contribution in [0.15, 0.2) is 69.9 Å². The topological polar surface area (TPSA) is 55.5 Å². The Hall–Kier alpha value is -2.62. The third-order valence-electron chi connectivity index (χ3n) is 3.11. The molecular formula is C16H16N2O2. The van der Waals surface area contributed by atoms with E-state index in [1.165, 1.54) is 0 Å². The Kier molecular flexibility index (Phi) is 3.46. The fraction of sp³-hybridized carbons (Fsp3) is 0.125. The summed E-state index contributed by atoms with van der Waals surface area (Å²) < 4.78 is 10.9. The number of anilines is 2. The van der Waals surface area contributed by atoms with Crippen molar-refractivity contribution < 1.29 is 8.83 Å². The monoisotopic (exact) mass is 268 g/mol. The van der Waals surface area contributed by atoms with Crippen LogP contribution in [0.1, 0.15) is 11.5 Å². The smallest absolute Gasteiger partial charge is 0.123 e. The van der Waals surface area contributed by atoms with Crippen molar-refractivity contribution in [3.63, 3.8) is 0 Å². The summed E-state index contributed by atoms with van der Waals surface area (Å²) in [5.41, 5.74) is 7.57. The number of rotatable bonds is 5. The summed E-state index contributed by atoms with van der Waals surface area (Å²) in [6.45, 7) is 1.36. The first-order valence-electron chi connectivity index (χ1n) is 6.46. The van der Waals surface area contributed by atoms with Gasteiger partial charge in [-0.05, 0) is 48.5 Å². The highest BCUT2D eigenvalue weighted by atomic mass is 16.3. The van der Waals surface area contributed by atoms with Crippen molar-refractivity contribution in [3.05, 3.63) is 72.6 Å². The summed E-state index contributed by atoms with van der Waals surface area (Å²) in [7, 11) is 0. The van der Waals surface area contributed by atoms with E-state index in [9.17, 15) is 0 Å². The Morgan fingerprint density at radius 2 is 1.35 bits per heavy atom. The fourth-order valence-corrected chi connectivity index (χ4v) is 2.10. The summed E-state index contributed by atoms with van der Waals surface area (Å²) in [5.74, 6) is 1.82. The molecule has 2 heterocycles. The third-order valence-corrected chi connectivity index (χ3v) is 3.11. The zero-order valence-corrected chi connectivity index (χ0v) is 11.0. The van der Waals surface area contributed by atoms with Crippen molar-refractivity contribution in [1.29, 1.82) is 0 Å². The molecule has 3 rings (SSSR count). The van der Waals surface area contributed by atoms with E-state index in [0.717, 1.165) is 22.9 Å². The molecule has 0 atom stereocenters. The maximum absolute atomic E-state index is 5.74. The summed E-state index contributed by atoms with van der Waals surface area (Å²) in [4.78, 5) is 2.18. The van der Waals surface area contributed by atoms with Gasteiger partial charge in [-0.2, -0.15) is 0 Å². The molecule has 0 spiro atoms. The van der Waals surface area contributed by atoms with Gasteiger partial charge in [0.2, 0.25) is 0 Å². The number of furan rings is 2. The minimum atomic E-state index is 0.678. The first-order valence-corrected chi connectivity index (χ1v) is 6.46. The lowest BCUT2D eigenvalue weighted by molar-refractivity contribution is 0.477. The van der Waals surface area contributed by atoms with Crippen LogP contribution < -0.4 is 10.6 Å². The molecule has 2 aromatic heterocycles. The molecule has 0 saturated carbocycles. The zero-order valence-electron chi connectivity index (χ0n) is 11.0. The lowest BCUT2D eigenvalue weighted by Crippen LogP contribution is -2.21. The van der Waals surface area contributed by atoms with Gasteiger partial charge in [0.1, 0.15) is 11.5 Å². The summed E-state index contributed by atoms with van der Waals surface area (Å²) in [6.07, 6.45) is 3.37. The van der Waals surface area contributed by atoms with Gasteiger partial charge >= 0.3 is 0 Å². The van der Waals surface area contributed by atoms with Crippen LogP contribution in [-0.2, 0) is 13.1 Å². The van der Waals surface area contributed by atoms with Gasteiger partial charge in [0.05, 0.1) is 25.6 Å². The van der Waals surface area contributed by atoms with Crippen molar-refractivity contribution in [2.45, 2.75) is 13.1 Å². The second-order valence-electron chi connectivity index (χ2n) is 4.61. The number of benzene rings is 1. The molecular weight excluding hydrogens is 252 g/mol. The van der Waals surface area contributed by atoms with E-state index in [-0.39, 0.29) is 0 Å². The highest BCUT2D eigenvalue weighted by Crippen LogP contribution is 2.21. The van der Waals surface area contributed by atoms with E-state index in [1.54, 1.807) is 12.5 Å². The third kappa shape index (κ3) is 2.85. The quantitative estimate of drug-likeness (QED) is 0.717. The van der Waals surface area contributed by atoms with Crippen molar-refractivity contribution >= 4 is 11.4 Å². The second-order valence-corrected chi connectivity index (χ2v) is 4.61. The van der Waals surface area contributed by atoms with Crippen LogP contribution in [0.3, 0.4) is 0 Å². The average molecular weight is 268 g/mol. The summed E-state index contributed by atoms with van der Waals surface area (Å²) in [5, 5.41) is 0. The first-order chi connectivity index (χ1) is 9.81. The molecule has 0 aliphatic carbocycles. The number of nitrogens with zero attached hydrogens (tertiary/aromatic N) is 1. The van der Waals surface area contributed by atoms with Crippen LogP contribution in [0.2, 0.25) is 0 Å². The van der Waals surface area contributed by atoms with Crippen LogP contribution in [0.25, 0.3) is 0 Å². The molecule has 0 aliphatic heterocycles. The van der Waals surface area contributed by atoms with Crippen LogP contribution >= 0.6 is 0 Å². The zero-order chi connectivity index (χ0) is 13.8. The molecule has 1 aromatic carbocycles. The van der Waals surface area contributed by atoms with Gasteiger partial charge in [-0.1, -0.05) is 0 Å². The molecule has 4 heteroatoms. The van der Waals surface area contributed by atoms with E-state index in [2.05, 4.69) is 4.90 Å². The normalized spacial score (nSPS) is 10.6. The number of hydrogen-bond acceptors (Lipinski definition) is 4. The number of hydrogen-bond donors (Lipinski definition) is 1. The molecule has 3 aromatic rings. The molecule has 0 aliphatic rings. The largest absolute Gasteiger partial charge is 0.467 e. The number of nitrogen functional groups attached to an aromatic ring is 1. The van der Waals surface area contributed by atoms with Crippen LogP contribution in [0, 0.1) is 0 Å². The Balaban J connectivity index is 1.84. The molecule has 0 saturated heterocycles. The summed E-state index contributed by atoms with van der Waals surface area (Å²) in [6, 6.07) is 15.5. The molecule has 0 amide bonds. The van der Waals surface area contributed by atoms with Gasteiger partial charge < -0.3 is 19.5 Å². The summed E-state index contributed by atoms with van der Waals surface area (Å²) >= 11 is 0. The Bertz CT molecular complexity index is 591. The number of nitrogens with two attached hydrogens (primary N) is 1. The van der Waals surface area contributed by atoms with Gasteiger partial charge in [-0.25, -0.2) is 0 Å². The molecule has 0 radical (unpaired) electrons. The molecule has 2 N–H and O–H groups in total. The molecule has 4 nitrogen and oxygen atoms in total. The van der Waals surface area contributed by atoms with Crippen molar-refractivity contribution in [3.8, 4) is 0 Å². The minimum absolute atomic E-state index is 0.678. The van der Waals surface area contributed by atoms with Crippen LogP contribution in [0.4, 0.5) is 11.4 Å². The van der Waals surface area contributed by atoms with E-state index >= 15 is 0 Å². The van der Waals surface area contributed by atoms with E-state index in [1.807, 2.05) is 48.5 Å². The van der Waals surface area contributed by atoms with Gasteiger partial charge in [-0.15, -0.1) is 0 Å². The van der Waals surface area contributed by atoms with E-state index in [4.69, 9.17) is 14.6 Å². The maximum atomic E-state index is 5.74. The van der Waals surface area contributed by atoms with Crippen LogP contribution in [-0.4, -0.2) is 0 Å². The lowest BCUT2D eigenvalue weighted by Gasteiger charge is -2.23. The Morgan fingerprint density at radius 1 is 0.800 bits per heavy atom. The van der Waals surface area contributed by atoms with Crippen molar-refractivity contribution in [2.75, 3.05) is 10.6 Å². The maximum Gasteiger partial charge on any atom is 0.123 e. The highest BCUT2D eigenvalue weighted by molar-refractivity contribution is 5.53. The predicted molar refractivity (Wildman–Crippen MR) is 78.2 cm³/mol. The average Bonchev–Trinajstić information content (AvgIpc) is 3.12. The SMILES string of the molecule is Nc1ccc(N(Cc2ccco2)Cc2ccco2)cc1. The Morgan fingerprint density at radius 3 is 1.80 bits per heavy atom. The van der Waals surface area contributed by atoms with Crippen LogP contribution in [0.5, 0.6) is 0 Å². The standard InChI is InChI=1S/C16H16N2O2/c17-13-5-7-14(8-6-13)18(11-15-3-1-9-19-15)12-16-4-2-10-20-16/h1-10H,11-12,17H2. The van der Waals surface area contributed by atoms with Gasteiger partial charge in [0.25, 0.3) is 0 Å². The Labute approximate surface area is 117 Å². The van der Waals surface area contributed by atoms with E-state index in [0.29, 0.717) is 13.1 Å². The van der Waals surface area contributed by atoms with Gasteiger partial charge in [0.15, 0.2) is 0 Å². The van der Waals surface area contributed by atoms with Gasteiger partial charge in [-0.3, -0.25) is 0 Å². The molecule has 0 unspecified atom stereocenters. The minimum Gasteiger partial charge on any atom is -0.467 e. The lowest BCUT2D eigenvalue weighted by atomic mass is 10.2. The molecule has 0 fully saturated rings.